The summed E-state index contributed by atoms with van der Waals surface area (Å²) in [4.78, 5) is 41.9. The van der Waals surface area contributed by atoms with E-state index < -0.39 is 23.0 Å². The van der Waals surface area contributed by atoms with Gasteiger partial charge in [-0.3, -0.25) is 18.7 Å². The van der Waals surface area contributed by atoms with Crippen LogP contribution in [0.1, 0.15) is 5.56 Å². The lowest BCUT2D eigenvalue weighted by Gasteiger charge is -2.13. The van der Waals surface area contributed by atoms with E-state index in [0.717, 1.165) is 20.9 Å². The van der Waals surface area contributed by atoms with Gasteiger partial charge >= 0.3 is 5.69 Å². The number of nitrogens with one attached hydrogen (secondary N) is 1. The van der Waals surface area contributed by atoms with Crippen molar-refractivity contribution in [2.45, 2.75) is 0 Å². The molecule has 0 spiro atoms. The molecule has 3 rings (SSSR count). The molecule has 0 fully saturated rings. The summed E-state index contributed by atoms with van der Waals surface area (Å²) in [5.74, 6) is -1.20. The van der Waals surface area contributed by atoms with Crippen molar-refractivity contribution in [1.82, 2.24) is 9.13 Å². The third-order valence-electron chi connectivity index (χ3n) is 4.47. The number of carbonyl (C=O) groups excluding carboxylic acids is 1. The molecule has 0 aliphatic rings. The Bertz CT molecular complexity index is 1370. The predicted octanol–water partition coefficient (Wildman–Crippen LogP) is 4.20. The molecule has 0 atom stereocenters. The summed E-state index contributed by atoms with van der Waals surface area (Å²) in [6, 6.07) is 11.2. The van der Waals surface area contributed by atoms with Crippen LogP contribution < -0.4 is 16.6 Å². The number of rotatable bonds is 5. The largest absolute Gasteiger partial charge is 0.494 e. The molecule has 3 aromatic rings. The average Bonchev–Trinajstić information content (AvgIpc) is 2.79. The number of anilines is 1. The van der Waals surface area contributed by atoms with Crippen molar-refractivity contribution in [2.75, 3.05) is 11.1 Å². The van der Waals surface area contributed by atoms with Gasteiger partial charge in [0, 0.05) is 19.1 Å². The molecule has 0 aliphatic carbocycles. The second-order valence-corrected chi connectivity index (χ2v) is 8.92. The number of carbonyl (C=O) groups is 1. The molecule has 0 unspecified atom stereocenters. The number of hydrogen-bond donors (Lipinski definition) is 2. The predicted molar refractivity (Wildman–Crippen MR) is 134 cm³/mol. The van der Waals surface area contributed by atoms with Crippen molar-refractivity contribution in [1.29, 1.82) is 0 Å². The highest BCUT2D eigenvalue weighted by molar-refractivity contribution is 8.15. The number of thioether (sulfide) groups is 1. The Labute approximate surface area is 207 Å². The Morgan fingerprint density at radius 2 is 1.73 bits per heavy atom. The molecule has 1 heterocycles. The number of aromatic hydroxyl groups is 1. The van der Waals surface area contributed by atoms with Crippen LogP contribution in [0.25, 0.3) is 0 Å². The molecule has 1 amide bonds. The molecule has 0 saturated carbocycles. The Morgan fingerprint density at radius 3 is 2.39 bits per heavy atom. The Hall–Kier alpha value is -2.72. The zero-order valence-electron chi connectivity index (χ0n) is 17.3. The van der Waals surface area contributed by atoms with E-state index in [9.17, 15) is 19.5 Å². The van der Waals surface area contributed by atoms with Gasteiger partial charge in [-0.05, 0) is 36.4 Å². The van der Waals surface area contributed by atoms with Gasteiger partial charge in [-0.2, -0.15) is 0 Å². The van der Waals surface area contributed by atoms with Gasteiger partial charge in [0.2, 0.25) is 11.8 Å². The first kappa shape index (κ1) is 24.9. The third-order valence-corrected chi connectivity index (χ3v) is 6.52. The molecule has 0 aliphatic heterocycles. The fourth-order valence-electron chi connectivity index (χ4n) is 2.73. The average molecular weight is 528 g/mol. The normalized spacial score (nSPS) is 11.5. The molecule has 2 N–H and O–H groups in total. The van der Waals surface area contributed by atoms with Crippen molar-refractivity contribution in [3.63, 3.8) is 0 Å². The molecule has 8 nitrogen and oxygen atoms in total. The smallest absolute Gasteiger partial charge is 0.333 e. The summed E-state index contributed by atoms with van der Waals surface area (Å²) in [6.45, 7) is 0. The van der Waals surface area contributed by atoms with Crippen LogP contribution in [0.5, 0.6) is 5.88 Å². The highest BCUT2D eigenvalue weighted by Gasteiger charge is 2.22. The van der Waals surface area contributed by atoms with E-state index >= 15 is 0 Å². The van der Waals surface area contributed by atoms with Crippen molar-refractivity contribution in [2.24, 2.45) is 19.1 Å². The number of aromatic nitrogens is 2. The molecule has 33 heavy (non-hydrogen) atoms. The Kier molecular flexibility index (Phi) is 7.91. The van der Waals surface area contributed by atoms with Gasteiger partial charge in [-0.1, -0.05) is 52.6 Å². The van der Waals surface area contributed by atoms with Crippen molar-refractivity contribution < 1.29 is 9.90 Å². The van der Waals surface area contributed by atoms with Crippen molar-refractivity contribution in [3.05, 3.63) is 83.9 Å². The van der Waals surface area contributed by atoms with Gasteiger partial charge < -0.3 is 10.4 Å². The number of hydrogen-bond acceptors (Lipinski definition) is 6. The highest BCUT2D eigenvalue weighted by Crippen LogP contribution is 2.30. The maximum absolute atomic E-state index is 12.8. The summed E-state index contributed by atoms with van der Waals surface area (Å²) in [7, 11) is 2.60. The standard InChI is InChI=1S/C21H17Cl3N4O4S/c1-27-19(30)16(20(31)28(2)21(27)32)18(25-12-8-6-11(22)7-9-12)33-10-15(29)26-14-5-3-4-13(23)17(14)24/h3-9,30H,10H2,1-2H3,(H,26,29). The minimum Gasteiger partial charge on any atom is -0.494 e. The number of amides is 1. The molecule has 0 saturated heterocycles. The fraction of sp³-hybridized carbons (Fsp3) is 0.143. The van der Waals surface area contributed by atoms with E-state index in [4.69, 9.17) is 34.8 Å². The van der Waals surface area contributed by atoms with Gasteiger partial charge in [0.25, 0.3) is 5.56 Å². The number of nitrogens with zero attached hydrogens (tertiary/aromatic N) is 3. The summed E-state index contributed by atoms with van der Waals surface area (Å²) in [5, 5.41) is 14.2. The van der Waals surface area contributed by atoms with Crippen LogP contribution in [0.3, 0.4) is 0 Å². The van der Waals surface area contributed by atoms with Gasteiger partial charge in [0.1, 0.15) is 10.6 Å². The van der Waals surface area contributed by atoms with Crippen LogP contribution >= 0.6 is 46.6 Å². The van der Waals surface area contributed by atoms with E-state index in [1.54, 1.807) is 42.5 Å². The van der Waals surface area contributed by atoms with E-state index in [-0.39, 0.29) is 26.4 Å². The second-order valence-electron chi connectivity index (χ2n) is 6.74. The van der Waals surface area contributed by atoms with E-state index in [2.05, 4.69) is 10.3 Å². The van der Waals surface area contributed by atoms with Crippen LogP contribution in [-0.4, -0.2) is 30.9 Å². The lowest BCUT2D eigenvalue weighted by atomic mass is 10.3. The maximum atomic E-state index is 12.8. The summed E-state index contributed by atoms with van der Waals surface area (Å²) < 4.78 is 1.76. The monoisotopic (exact) mass is 526 g/mol. The fourth-order valence-corrected chi connectivity index (χ4v) is 4.04. The molecule has 172 valence electrons. The molecule has 1 aromatic heterocycles. The topological polar surface area (TPSA) is 106 Å². The molecular formula is C21H17Cl3N4O4S. The number of halogens is 3. The summed E-state index contributed by atoms with van der Waals surface area (Å²) >= 11 is 18.9. The zero-order chi connectivity index (χ0) is 24.3. The second kappa shape index (κ2) is 10.5. The first-order valence-electron chi connectivity index (χ1n) is 9.30. The molecule has 2 aromatic carbocycles. The van der Waals surface area contributed by atoms with Crippen LogP contribution in [0.4, 0.5) is 11.4 Å². The highest BCUT2D eigenvalue weighted by atomic mass is 35.5. The molecule has 0 radical (unpaired) electrons. The third kappa shape index (κ3) is 5.62. The Balaban J connectivity index is 1.98. The lowest BCUT2D eigenvalue weighted by Crippen LogP contribution is -2.39. The molecule has 0 bridgehead atoms. The SMILES string of the molecule is Cn1c(O)c(C(=Nc2ccc(Cl)cc2)SCC(=O)Nc2cccc(Cl)c2Cl)c(=O)n(C)c1=O. The number of aliphatic imine (C=N–C) groups is 1. The minimum absolute atomic E-state index is 0.0402. The quantitative estimate of drug-likeness (QED) is 0.382. The van der Waals surface area contributed by atoms with Crippen LogP contribution in [0.15, 0.2) is 57.0 Å². The lowest BCUT2D eigenvalue weighted by molar-refractivity contribution is -0.113. The van der Waals surface area contributed by atoms with Gasteiger partial charge in [-0.15, -0.1) is 0 Å². The summed E-state index contributed by atoms with van der Waals surface area (Å²) in [6.07, 6.45) is 0. The molecular weight excluding hydrogens is 511 g/mol. The van der Waals surface area contributed by atoms with Crippen molar-refractivity contribution in [3.8, 4) is 5.88 Å². The maximum Gasteiger partial charge on any atom is 0.333 e. The zero-order valence-corrected chi connectivity index (χ0v) is 20.4. The van der Waals surface area contributed by atoms with Gasteiger partial charge in [0.15, 0.2) is 0 Å². The Morgan fingerprint density at radius 1 is 1.06 bits per heavy atom. The van der Waals surface area contributed by atoms with Gasteiger partial charge in [-0.25, -0.2) is 9.79 Å². The van der Waals surface area contributed by atoms with Crippen LogP contribution in [0, 0.1) is 0 Å². The summed E-state index contributed by atoms with van der Waals surface area (Å²) in [5.41, 5.74) is -0.921. The van der Waals surface area contributed by atoms with Gasteiger partial charge in [0.05, 0.1) is 27.2 Å². The van der Waals surface area contributed by atoms with Crippen LogP contribution in [0.2, 0.25) is 15.1 Å². The van der Waals surface area contributed by atoms with Crippen molar-refractivity contribution >= 4 is 68.9 Å². The van der Waals surface area contributed by atoms with Crippen LogP contribution in [-0.2, 0) is 18.9 Å². The first-order chi connectivity index (χ1) is 15.6. The first-order valence-corrected chi connectivity index (χ1v) is 11.4. The number of benzene rings is 2. The minimum atomic E-state index is -0.755. The van der Waals surface area contributed by atoms with E-state index in [0.29, 0.717) is 16.4 Å². The van der Waals surface area contributed by atoms with E-state index in [1.165, 1.54) is 14.1 Å². The molecule has 12 heteroatoms. The van der Waals surface area contributed by atoms with E-state index in [1.807, 2.05) is 0 Å².